The van der Waals surface area contributed by atoms with Crippen molar-refractivity contribution < 1.29 is 0 Å². The zero-order valence-electron chi connectivity index (χ0n) is 14.7. The molecule has 0 spiro atoms. The normalized spacial score (nSPS) is 11.8. The summed E-state index contributed by atoms with van der Waals surface area (Å²) < 4.78 is 5.50. The van der Waals surface area contributed by atoms with Crippen LogP contribution in [0.2, 0.25) is 0 Å². The number of para-hydroxylation sites is 1. The average Bonchev–Trinajstić information content (AvgIpc) is 3.21. The molecule has 1 aromatic carbocycles. The Hall–Kier alpha value is -2.78. The van der Waals surface area contributed by atoms with Gasteiger partial charge in [-0.15, -0.1) is 11.3 Å². The summed E-state index contributed by atoms with van der Waals surface area (Å²) in [6.07, 6.45) is 1.60. The smallest absolute Gasteiger partial charge is 0.303 e. The molecule has 0 aliphatic rings. The molecule has 0 unspecified atom stereocenters. The number of aryl methyl sites for hydroxylation is 1. The highest BCUT2D eigenvalue weighted by Gasteiger charge is 2.15. The van der Waals surface area contributed by atoms with E-state index in [0.717, 1.165) is 19.8 Å². The Morgan fingerprint density at radius 2 is 1.92 bits per heavy atom. The van der Waals surface area contributed by atoms with Gasteiger partial charge in [0.1, 0.15) is 5.01 Å². The van der Waals surface area contributed by atoms with Crippen LogP contribution < -0.4 is 11.2 Å². The van der Waals surface area contributed by atoms with Crippen molar-refractivity contribution >= 4 is 32.7 Å². The number of hydrogen-bond acceptors (Lipinski definition) is 6. The fourth-order valence-corrected chi connectivity index (χ4v) is 4.12. The van der Waals surface area contributed by atoms with Crippen molar-refractivity contribution in [2.75, 3.05) is 7.05 Å². The second-order valence-corrected chi connectivity index (χ2v) is 7.44. The molecule has 0 aliphatic carbocycles. The van der Waals surface area contributed by atoms with E-state index in [0.29, 0.717) is 24.4 Å². The van der Waals surface area contributed by atoms with E-state index >= 15 is 0 Å². The Labute approximate surface area is 152 Å². The molecular formula is C17H18N6O2S. The van der Waals surface area contributed by atoms with Gasteiger partial charge in [0.15, 0.2) is 11.2 Å². The molecule has 0 atom stereocenters. The molecule has 0 N–H and O–H groups in total. The molecule has 0 fully saturated rings. The summed E-state index contributed by atoms with van der Waals surface area (Å²) in [4.78, 5) is 35.4. The first-order valence-electron chi connectivity index (χ1n) is 8.09. The maximum atomic E-state index is 12.2. The van der Waals surface area contributed by atoms with Gasteiger partial charge in [-0.2, -0.15) is 0 Å². The number of rotatable bonds is 4. The van der Waals surface area contributed by atoms with E-state index in [-0.39, 0.29) is 11.2 Å². The Bertz CT molecular complexity index is 1200. The minimum Gasteiger partial charge on any atom is -0.303 e. The zero-order chi connectivity index (χ0) is 18.4. The number of imidazole rings is 1. The second-order valence-electron chi connectivity index (χ2n) is 6.32. The number of benzene rings is 1. The largest absolute Gasteiger partial charge is 0.332 e. The van der Waals surface area contributed by atoms with Crippen LogP contribution in [0.25, 0.3) is 21.4 Å². The second kappa shape index (κ2) is 6.19. The molecule has 3 heterocycles. The van der Waals surface area contributed by atoms with E-state index in [9.17, 15) is 9.59 Å². The SMILES string of the molecule is CN(Cc1nc2ccccc2s1)Cn1cnc2c(=O)n(C)c(=O)n(C)c21. The summed E-state index contributed by atoms with van der Waals surface area (Å²) in [7, 11) is 5.08. The van der Waals surface area contributed by atoms with Gasteiger partial charge < -0.3 is 4.57 Å². The van der Waals surface area contributed by atoms with Gasteiger partial charge in [-0.1, -0.05) is 12.1 Å². The van der Waals surface area contributed by atoms with Crippen LogP contribution in [0.15, 0.2) is 40.2 Å². The van der Waals surface area contributed by atoms with Gasteiger partial charge in [-0.05, 0) is 19.2 Å². The molecule has 9 heteroatoms. The van der Waals surface area contributed by atoms with E-state index in [2.05, 4.69) is 20.9 Å². The highest BCUT2D eigenvalue weighted by atomic mass is 32.1. The molecule has 8 nitrogen and oxygen atoms in total. The molecule has 0 aliphatic heterocycles. The fourth-order valence-electron chi connectivity index (χ4n) is 3.07. The van der Waals surface area contributed by atoms with Crippen molar-refractivity contribution in [3.63, 3.8) is 0 Å². The third kappa shape index (κ3) is 2.65. The van der Waals surface area contributed by atoms with Crippen LogP contribution in [0.1, 0.15) is 5.01 Å². The molecule has 0 bridgehead atoms. The summed E-state index contributed by atoms with van der Waals surface area (Å²) in [6, 6.07) is 8.05. The van der Waals surface area contributed by atoms with Gasteiger partial charge >= 0.3 is 5.69 Å². The molecule has 134 valence electrons. The first-order valence-corrected chi connectivity index (χ1v) is 8.91. The maximum absolute atomic E-state index is 12.2. The lowest BCUT2D eigenvalue weighted by molar-refractivity contribution is 0.262. The van der Waals surface area contributed by atoms with Crippen molar-refractivity contribution in [3.05, 3.63) is 56.4 Å². The standard InChI is InChI=1S/C17H18N6O2S/c1-20(8-13-19-11-6-4-5-7-12(11)26-13)10-23-9-18-14-15(23)21(2)17(25)22(3)16(14)24/h4-7,9H,8,10H2,1-3H3. The van der Waals surface area contributed by atoms with Crippen LogP contribution in [0, 0.1) is 0 Å². The Balaban J connectivity index is 1.64. The monoisotopic (exact) mass is 370 g/mol. The van der Waals surface area contributed by atoms with E-state index in [1.807, 2.05) is 29.8 Å². The number of thiazole rings is 1. The molecule has 0 radical (unpaired) electrons. The Morgan fingerprint density at radius 3 is 2.69 bits per heavy atom. The molecule has 0 saturated heterocycles. The first-order chi connectivity index (χ1) is 12.5. The van der Waals surface area contributed by atoms with Crippen LogP contribution in [-0.2, 0) is 27.3 Å². The molecule has 26 heavy (non-hydrogen) atoms. The van der Waals surface area contributed by atoms with Crippen LogP contribution in [0.5, 0.6) is 0 Å². The van der Waals surface area contributed by atoms with Crippen LogP contribution in [-0.4, -0.2) is 35.6 Å². The van der Waals surface area contributed by atoms with Crippen molar-refractivity contribution in [2.45, 2.75) is 13.2 Å². The van der Waals surface area contributed by atoms with Gasteiger partial charge in [-0.25, -0.2) is 14.8 Å². The lowest BCUT2D eigenvalue weighted by Gasteiger charge is -2.17. The highest BCUT2D eigenvalue weighted by Crippen LogP contribution is 2.22. The third-order valence-electron chi connectivity index (χ3n) is 4.35. The molecular weight excluding hydrogens is 352 g/mol. The highest BCUT2D eigenvalue weighted by molar-refractivity contribution is 7.18. The van der Waals surface area contributed by atoms with Crippen LogP contribution >= 0.6 is 11.3 Å². The summed E-state index contributed by atoms with van der Waals surface area (Å²) in [5, 5.41) is 1.02. The van der Waals surface area contributed by atoms with Crippen LogP contribution in [0.3, 0.4) is 0 Å². The summed E-state index contributed by atoms with van der Waals surface area (Å²) in [6.45, 7) is 1.16. The number of hydrogen-bond donors (Lipinski definition) is 0. The van der Waals surface area contributed by atoms with Crippen molar-refractivity contribution in [3.8, 4) is 0 Å². The van der Waals surface area contributed by atoms with E-state index in [1.165, 1.54) is 11.6 Å². The summed E-state index contributed by atoms with van der Waals surface area (Å²) in [5.74, 6) is 0. The maximum Gasteiger partial charge on any atom is 0.332 e. The molecule has 4 rings (SSSR count). The van der Waals surface area contributed by atoms with Gasteiger partial charge in [-0.3, -0.25) is 18.8 Å². The molecule has 3 aromatic heterocycles. The fraction of sp³-hybridized carbons (Fsp3) is 0.294. The molecule has 0 amide bonds. The number of fused-ring (bicyclic) bond motifs is 2. The molecule has 0 saturated carbocycles. The van der Waals surface area contributed by atoms with Crippen molar-refractivity contribution in [1.29, 1.82) is 0 Å². The molecule has 4 aromatic rings. The Kier molecular flexibility index (Phi) is 3.97. The number of nitrogens with zero attached hydrogens (tertiary/aromatic N) is 6. The van der Waals surface area contributed by atoms with Gasteiger partial charge in [0.2, 0.25) is 0 Å². The van der Waals surface area contributed by atoms with Gasteiger partial charge in [0.05, 0.1) is 29.8 Å². The van der Waals surface area contributed by atoms with Gasteiger partial charge in [0.25, 0.3) is 5.56 Å². The summed E-state index contributed by atoms with van der Waals surface area (Å²) in [5.41, 5.74) is 1.07. The van der Waals surface area contributed by atoms with Crippen LogP contribution in [0.4, 0.5) is 0 Å². The summed E-state index contributed by atoms with van der Waals surface area (Å²) >= 11 is 1.67. The van der Waals surface area contributed by atoms with E-state index in [4.69, 9.17) is 0 Å². The number of aromatic nitrogens is 5. The Morgan fingerprint density at radius 1 is 1.15 bits per heavy atom. The predicted molar refractivity (Wildman–Crippen MR) is 101 cm³/mol. The topological polar surface area (TPSA) is 78.0 Å². The van der Waals surface area contributed by atoms with E-state index < -0.39 is 0 Å². The van der Waals surface area contributed by atoms with Crippen molar-refractivity contribution in [1.82, 2.24) is 28.6 Å². The quantitative estimate of drug-likeness (QED) is 0.538. The lowest BCUT2D eigenvalue weighted by atomic mass is 10.3. The minimum absolute atomic E-state index is 0.294. The third-order valence-corrected chi connectivity index (χ3v) is 5.37. The first kappa shape index (κ1) is 16.7. The van der Waals surface area contributed by atoms with Crippen molar-refractivity contribution in [2.24, 2.45) is 14.1 Å². The zero-order valence-corrected chi connectivity index (χ0v) is 15.5. The lowest BCUT2D eigenvalue weighted by Crippen LogP contribution is -2.37. The average molecular weight is 370 g/mol. The minimum atomic E-state index is -0.379. The van der Waals surface area contributed by atoms with E-state index in [1.54, 1.807) is 24.7 Å². The van der Waals surface area contributed by atoms with Gasteiger partial charge in [0, 0.05) is 14.1 Å². The predicted octanol–water partition coefficient (Wildman–Crippen LogP) is 1.13.